The molecule has 2 rings (SSSR count). The maximum absolute atomic E-state index is 13.2. The van der Waals surface area contributed by atoms with Crippen molar-refractivity contribution in [3.05, 3.63) is 36.0 Å². The van der Waals surface area contributed by atoms with Crippen LogP contribution in [0.2, 0.25) is 0 Å². The molecule has 0 saturated heterocycles. The van der Waals surface area contributed by atoms with E-state index < -0.39 is 17.5 Å². The maximum atomic E-state index is 13.2. The molecule has 130 valence electrons. The van der Waals surface area contributed by atoms with Crippen LogP contribution >= 0.6 is 0 Å². The Balaban J connectivity index is 2.03. The monoisotopic (exact) mass is 336 g/mol. The van der Waals surface area contributed by atoms with E-state index in [-0.39, 0.29) is 24.3 Å². The number of benzene rings is 1. The molecule has 0 aliphatic heterocycles. The van der Waals surface area contributed by atoms with E-state index in [2.05, 4.69) is 15.5 Å². The Bertz CT molecular complexity index is 711. The summed E-state index contributed by atoms with van der Waals surface area (Å²) in [4.78, 5) is 17.6. The molecule has 2 N–H and O–H groups in total. The highest BCUT2D eigenvalue weighted by atomic mass is 19.1. The van der Waals surface area contributed by atoms with Gasteiger partial charge in [-0.15, -0.1) is 0 Å². The Labute approximate surface area is 139 Å². The van der Waals surface area contributed by atoms with Gasteiger partial charge in [-0.1, -0.05) is 17.3 Å². The first kappa shape index (κ1) is 17.9. The van der Waals surface area contributed by atoms with Crippen molar-refractivity contribution in [3.8, 4) is 11.4 Å². The Morgan fingerprint density at radius 2 is 2.21 bits per heavy atom. The number of urea groups is 1. The predicted octanol–water partition coefficient (Wildman–Crippen LogP) is 2.35. The topological polar surface area (TPSA) is 91.5 Å². The summed E-state index contributed by atoms with van der Waals surface area (Å²) >= 11 is 0. The first-order valence-corrected chi connectivity index (χ1v) is 7.49. The first-order valence-electron chi connectivity index (χ1n) is 7.49. The van der Waals surface area contributed by atoms with E-state index in [1.807, 2.05) is 0 Å². The minimum atomic E-state index is -0.996. The van der Waals surface area contributed by atoms with Crippen molar-refractivity contribution in [2.45, 2.75) is 32.4 Å². The standard InChI is InChI=1S/C16H21FN4O3/c1-10(18-15(22)21(4)9-16(2,3)23)14-19-13(20-24-14)11-6-5-7-12(17)8-11/h5-8,10,23H,9H2,1-4H3,(H,18,22). The largest absolute Gasteiger partial charge is 0.389 e. The van der Waals surface area contributed by atoms with Crippen molar-refractivity contribution in [1.29, 1.82) is 0 Å². The fourth-order valence-corrected chi connectivity index (χ4v) is 2.17. The van der Waals surface area contributed by atoms with Crippen molar-refractivity contribution in [2.75, 3.05) is 13.6 Å². The van der Waals surface area contributed by atoms with Gasteiger partial charge < -0.3 is 19.8 Å². The minimum absolute atomic E-state index is 0.171. The highest BCUT2D eigenvalue weighted by Gasteiger charge is 2.23. The van der Waals surface area contributed by atoms with Crippen molar-refractivity contribution in [1.82, 2.24) is 20.4 Å². The normalized spacial score (nSPS) is 12.8. The molecule has 8 heteroatoms. The molecule has 0 aliphatic rings. The Kier molecular flexibility index (Phi) is 5.18. The van der Waals surface area contributed by atoms with Gasteiger partial charge in [0, 0.05) is 12.6 Å². The molecule has 1 heterocycles. The van der Waals surface area contributed by atoms with E-state index in [1.165, 1.54) is 17.0 Å². The SMILES string of the molecule is CC(NC(=O)N(C)CC(C)(C)O)c1nc(-c2cccc(F)c2)no1. The van der Waals surface area contributed by atoms with E-state index in [4.69, 9.17) is 4.52 Å². The van der Waals surface area contributed by atoms with Gasteiger partial charge >= 0.3 is 6.03 Å². The van der Waals surface area contributed by atoms with E-state index in [9.17, 15) is 14.3 Å². The Hall–Kier alpha value is -2.48. The van der Waals surface area contributed by atoms with Gasteiger partial charge in [0.15, 0.2) is 0 Å². The zero-order chi connectivity index (χ0) is 17.9. The van der Waals surface area contributed by atoms with Gasteiger partial charge in [0.05, 0.1) is 12.1 Å². The number of aliphatic hydroxyl groups is 1. The summed E-state index contributed by atoms with van der Waals surface area (Å²) in [6.07, 6.45) is 0. The molecular formula is C16H21FN4O3. The van der Waals surface area contributed by atoms with Crippen LogP contribution in [-0.2, 0) is 0 Å². The molecule has 1 atom stereocenters. The van der Waals surface area contributed by atoms with E-state index in [0.717, 1.165) is 0 Å². The smallest absolute Gasteiger partial charge is 0.317 e. The molecule has 0 bridgehead atoms. The van der Waals surface area contributed by atoms with E-state index >= 15 is 0 Å². The lowest BCUT2D eigenvalue weighted by Gasteiger charge is -2.26. The van der Waals surface area contributed by atoms with Crippen molar-refractivity contribution in [3.63, 3.8) is 0 Å². The van der Waals surface area contributed by atoms with Gasteiger partial charge in [-0.3, -0.25) is 0 Å². The summed E-state index contributed by atoms with van der Waals surface area (Å²) in [5.41, 5.74) is -0.507. The minimum Gasteiger partial charge on any atom is -0.389 e. The molecule has 1 aromatic heterocycles. The lowest BCUT2D eigenvalue weighted by molar-refractivity contribution is 0.0527. The molecule has 0 radical (unpaired) electrons. The maximum Gasteiger partial charge on any atom is 0.317 e. The van der Waals surface area contributed by atoms with Crippen LogP contribution in [0.3, 0.4) is 0 Å². The average molecular weight is 336 g/mol. The zero-order valence-corrected chi connectivity index (χ0v) is 14.1. The summed E-state index contributed by atoms with van der Waals surface area (Å²) in [6, 6.07) is 4.93. The summed E-state index contributed by atoms with van der Waals surface area (Å²) in [6.45, 7) is 5.09. The van der Waals surface area contributed by atoms with E-state index in [0.29, 0.717) is 5.56 Å². The Morgan fingerprint density at radius 1 is 1.50 bits per heavy atom. The molecule has 7 nitrogen and oxygen atoms in total. The van der Waals surface area contributed by atoms with Gasteiger partial charge in [0.1, 0.15) is 11.9 Å². The third kappa shape index (κ3) is 4.76. The van der Waals surface area contributed by atoms with Gasteiger partial charge in [-0.2, -0.15) is 4.98 Å². The number of rotatable bonds is 5. The number of nitrogens with zero attached hydrogens (tertiary/aromatic N) is 3. The first-order chi connectivity index (χ1) is 11.2. The number of aromatic nitrogens is 2. The fraction of sp³-hybridized carbons (Fsp3) is 0.438. The number of amides is 2. The molecule has 0 spiro atoms. The van der Waals surface area contributed by atoms with Crippen LogP contribution in [0.1, 0.15) is 32.7 Å². The number of halogens is 1. The third-order valence-electron chi connectivity index (χ3n) is 3.21. The van der Waals surface area contributed by atoms with Crippen LogP contribution in [0.4, 0.5) is 9.18 Å². The number of hydrogen-bond acceptors (Lipinski definition) is 5. The second kappa shape index (κ2) is 6.96. The fourth-order valence-electron chi connectivity index (χ4n) is 2.17. The lowest BCUT2D eigenvalue weighted by Crippen LogP contribution is -2.45. The number of carbonyl (C=O) groups excluding carboxylic acids is 1. The summed E-state index contributed by atoms with van der Waals surface area (Å²) in [5, 5.41) is 16.2. The van der Waals surface area contributed by atoms with Gasteiger partial charge in [-0.05, 0) is 32.9 Å². The number of hydrogen-bond donors (Lipinski definition) is 2. The van der Waals surface area contributed by atoms with Crippen molar-refractivity contribution in [2.24, 2.45) is 0 Å². The molecule has 1 aromatic carbocycles. The van der Waals surface area contributed by atoms with Crippen LogP contribution in [0, 0.1) is 5.82 Å². The molecule has 2 amide bonds. The van der Waals surface area contributed by atoms with Crippen LogP contribution in [0.25, 0.3) is 11.4 Å². The number of carbonyl (C=O) groups is 1. The van der Waals surface area contributed by atoms with E-state index in [1.54, 1.807) is 40.0 Å². The highest BCUT2D eigenvalue weighted by Crippen LogP contribution is 2.19. The number of nitrogens with one attached hydrogen (secondary N) is 1. The Morgan fingerprint density at radius 3 is 2.83 bits per heavy atom. The van der Waals surface area contributed by atoms with Crippen molar-refractivity contribution < 1.29 is 18.8 Å². The zero-order valence-electron chi connectivity index (χ0n) is 14.1. The van der Waals surface area contributed by atoms with Crippen LogP contribution in [0.15, 0.2) is 28.8 Å². The quantitative estimate of drug-likeness (QED) is 0.874. The molecule has 0 saturated carbocycles. The second-order valence-electron chi connectivity index (χ2n) is 6.31. The second-order valence-corrected chi connectivity index (χ2v) is 6.31. The van der Waals surface area contributed by atoms with Gasteiger partial charge in [-0.25, -0.2) is 9.18 Å². The molecule has 0 aliphatic carbocycles. The average Bonchev–Trinajstić information content (AvgIpc) is 2.95. The molecular weight excluding hydrogens is 315 g/mol. The van der Waals surface area contributed by atoms with Crippen LogP contribution < -0.4 is 5.32 Å². The molecule has 24 heavy (non-hydrogen) atoms. The van der Waals surface area contributed by atoms with Gasteiger partial charge in [0.25, 0.3) is 0 Å². The predicted molar refractivity (Wildman–Crippen MR) is 85.6 cm³/mol. The lowest BCUT2D eigenvalue weighted by atomic mass is 10.1. The van der Waals surface area contributed by atoms with Crippen LogP contribution in [0.5, 0.6) is 0 Å². The third-order valence-corrected chi connectivity index (χ3v) is 3.21. The summed E-state index contributed by atoms with van der Waals surface area (Å²) < 4.78 is 18.4. The summed E-state index contributed by atoms with van der Waals surface area (Å²) in [7, 11) is 1.58. The van der Waals surface area contributed by atoms with Crippen LogP contribution in [-0.4, -0.2) is 45.4 Å². The summed E-state index contributed by atoms with van der Waals surface area (Å²) in [5.74, 6) is 0.0585. The van der Waals surface area contributed by atoms with Gasteiger partial charge in [0.2, 0.25) is 11.7 Å². The molecule has 2 aromatic rings. The highest BCUT2D eigenvalue weighted by molar-refractivity contribution is 5.74. The molecule has 1 unspecified atom stereocenters. The number of likely N-dealkylation sites (N-methyl/N-ethyl adjacent to an activating group) is 1. The molecule has 0 fully saturated rings. The van der Waals surface area contributed by atoms with Crippen molar-refractivity contribution >= 4 is 6.03 Å².